The highest BCUT2D eigenvalue weighted by atomic mass is 16.6. The number of amides is 1. The van der Waals surface area contributed by atoms with Crippen LogP contribution in [0, 0.1) is 0 Å². The van der Waals surface area contributed by atoms with E-state index in [0.717, 1.165) is 0 Å². The van der Waals surface area contributed by atoms with Gasteiger partial charge in [0.2, 0.25) is 0 Å². The molecule has 0 aliphatic carbocycles. The van der Waals surface area contributed by atoms with Crippen molar-refractivity contribution in [1.29, 1.82) is 0 Å². The number of alkyl carbamates (subject to hydrolysis) is 1. The Kier molecular flexibility index (Phi) is 5.19. The van der Waals surface area contributed by atoms with Crippen molar-refractivity contribution in [2.24, 2.45) is 0 Å². The molecule has 0 aromatic carbocycles. The molecule has 3 N–H and O–H groups in total. The van der Waals surface area contributed by atoms with E-state index in [9.17, 15) is 14.7 Å². The van der Waals surface area contributed by atoms with E-state index in [1.54, 1.807) is 20.8 Å². The molecular weight excluding hydrogens is 218 g/mol. The van der Waals surface area contributed by atoms with Gasteiger partial charge in [-0.15, -0.1) is 0 Å². The lowest BCUT2D eigenvalue weighted by molar-refractivity contribution is -0.310. The maximum Gasteiger partial charge on any atom is 0.408 e. The van der Waals surface area contributed by atoms with Crippen LogP contribution in [0.15, 0.2) is 0 Å². The van der Waals surface area contributed by atoms with Gasteiger partial charge in [0.15, 0.2) is 0 Å². The highest BCUT2D eigenvalue weighted by Gasteiger charge is 2.24. The van der Waals surface area contributed by atoms with E-state index in [4.69, 9.17) is 14.9 Å². The molecule has 0 spiro atoms. The highest BCUT2D eigenvalue weighted by molar-refractivity contribution is 5.79. The number of carboxylic acid groups (broad SMARTS) is 1. The third-order valence-corrected chi connectivity index (χ3v) is 1.50. The molecule has 0 saturated heterocycles. The number of hydrogen-bond acceptors (Lipinski definition) is 6. The Bertz CT molecular complexity index is 259. The van der Waals surface area contributed by atoms with E-state index in [-0.39, 0.29) is 0 Å². The van der Waals surface area contributed by atoms with Crippen LogP contribution >= 0.6 is 0 Å². The predicted octanol–water partition coefficient (Wildman–Crippen LogP) is -2.02. The van der Waals surface area contributed by atoms with Gasteiger partial charge in [-0.1, -0.05) is 0 Å². The summed E-state index contributed by atoms with van der Waals surface area (Å²) in [5.41, 5.74) is -0.787. The summed E-state index contributed by atoms with van der Waals surface area (Å²) in [6.07, 6.45) is -2.65. The molecule has 7 nitrogen and oxygen atoms in total. The third-order valence-electron chi connectivity index (χ3n) is 1.50. The van der Waals surface area contributed by atoms with E-state index >= 15 is 0 Å². The van der Waals surface area contributed by atoms with Gasteiger partial charge in [0, 0.05) is 0 Å². The van der Waals surface area contributed by atoms with Crippen molar-refractivity contribution in [3.05, 3.63) is 0 Å². The molecule has 0 rings (SSSR count). The fraction of sp³-hybridized carbons (Fsp3) is 0.778. The normalized spacial score (nSPS) is 15.1. The van der Waals surface area contributed by atoms with Crippen LogP contribution in [0.4, 0.5) is 4.79 Å². The third kappa shape index (κ3) is 5.52. The monoisotopic (exact) mass is 234 g/mol. The maximum atomic E-state index is 11.2. The molecule has 0 aromatic heterocycles. The summed E-state index contributed by atoms with van der Waals surface area (Å²) in [5, 5.41) is 30.1. The number of carbonyl (C=O) groups excluding carboxylic acids is 2. The SMILES string of the molecule is CC(C)(C)OC(=O)N[C@@H](C(=O)[O-])[C@@H](O)CO. The van der Waals surface area contributed by atoms with Crippen molar-refractivity contribution >= 4 is 12.1 Å². The van der Waals surface area contributed by atoms with Crippen molar-refractivity contribution in [3.63, 3.8) is 0 Å². The molecule has 94 valence electrons. The van der Waals surface area contributed by atoms with E-state index < -0.39 is 36.4 Å². The lowest BCUT2D eigenvalue weighted by Crippen LogP contribution is -2.56. The lowest BCUT2D eigenvalue weighted by Gasteiger charge is -2.26. The Labute approximate surface area is 93.0 Å². The standard InChI is InChI=1S/C9H17NO6/c1-9(2,3)16-8(15)10-6(7(13)14)5(12)4-11/h5-6,11-12H,4H2,1-3H3,(H,10,15)(H,13,14)/p-1/t5-,6+/m0/s1. The number of aliphatic hydroxyl groups is 2. The second-order valence-corrected chi connectivity index (χ2v) is 4.19. The number of aliphatic carboxylic acids is 1. The van der Waals surface area contributed by atoms with E-state index in [0.29, 0.717) is 0 Å². The first kappa shape index (κ1) is 14.7. The molecule has 0 radical (unpaired) electrons. The van der Waals surface area contributed by atoms with Crippen LogP contribution in [0.3, 0.4) is 0 Å². The first-order chi connectivity index (χ1) is 7.17. The minimum Gasteiger partial charge on any atom is -0.548 e. The summed E-state index contributed by atoms with van der Waals surface area (Å²) < 4.78 is 4.78. The first-order valence-corrected chi connectivity index (χ1v) is 4.66. The Morgan fingerprint density at radius 2 is 1.94 bits per heavy atom. The molecule has 2 atom stereocenters. The molecule has 0 unspecified atom stereocenters. The Morgan fingerprint density at radius 3 is 2.25 bits per heavy atom. The van der Waals surface area contributed by atoms with Crippen LogP contribution in [-0.4, -0.2) is 46.6 Å². The highest BCUT2D eigenvalue weighted by Crippen LogP contribution is 2.07. The predicted molar refractivity (Wildman–Crippen MR) is 51.3 cm³/mol. The Balaban J connectivity index is 4.42. The summed E-state index contributed by atoms with van der Waals surface area (Å²) in [5.74, 6) is -1.70. The molecule has 0 aliphatic heterocycles. The molecule has 0 aliphatic rings. The fourth-order valence-electron chi connectivity index (χ4n) is 0.852. The number of carboxylic acids is 1. The van der Waals surface area contributed by atoms with E-state index in [1.807, 2.05) is 5.32 Å². The summed E-state index contributed by atoms with van der Waals surface area (Å²) >= 11 is 0. The number of rotatable bonds is 4. The van der Waals surface area contributed by atoms with Gasteiger partial charge in [0.25, 0.3) is 0 Å². The molecule has 0 saturated carbocycles. The van der Waals surface area contributed by atoms with Crippen LogP contribution in [0.1, 0.15) is 20.8 Å². The van der Waals surface area contributed by atoms with Gasteiger partial charge in [0.05, 0.1) is 18.6 Å². The van der Waals surface area contributed by atoms with Crippen molar-refractivity contribution in [3.8, 4) is 0 Å². The zero-order valence-corrected chi connectivity index (χ0v) is 9.39. The number of aliphatic hydroxyl groups excluding tert-OH is 2. The number of ether oxygens (including phenoxy) is 1. The molecule has 0 bridgehead atoms. The average molecular weight is 234 g/mol. The van der Waals surface area contributed by atoms with E-state index in [1.165, 1.54) is 0 Å². The largest absolute Gasteiger partial charge is 0.548 e. The molecule has 7 heteroatoms. The minimum atomic E-state index is -1.71. The van der Waals surface area contributed by atoms with E-state index in [2.05, 4.69) is 0 Å². The van der Waals surface area contributed by atoms with Crippen molar-refractivity contribution in [2.45, 2.75) is 38.5 Å². The van der Waals surface area contributed by atoms with Gasteiger partial charge in [-0.3, -0.25) is 0 Å². The topological polar surface area (TPSA) is 119 Å². The zero-order chi connectivity index (χ0) is 12.9. The Morgan fingerprint density at radius 1 is 1.44 bits per heavy atom. The van der Waals surface area contributed by atoms with Gasteiger partial charge < -0.3 is 30.2 Å². The van der Waals surface area contributed by atoms with Crippen LogP contribution in [0.5, 0.6) is 0 Å². The molecule has 16 heavy (non-hydrogen) atoms. The summed E-state index contributed by atoms with van der Waals surface area (Å²) in [7, 11) is 0. The van der Waals surface area contributed by atoms with Crippen LogP contribution in [0.2, 0.25) is 0 Å². The molecule has 0 heterocycles. The van der Waals surface area contributed by atoms with Crippen LogP contribution in [0.25, 0.3) is 0 Å². The number of nitrogens with one attached hydrogen (secondary N) is 1. The van der Waals surface area contributed by atoms with Gasteiger partial charge in [-0.05, 0) is 20.8 Å². The van der Waals surface area contributed by atoms with Crippen LogP contribution in [-0.2, 0) is 9.53 Å². The van der Waals surface area contributed by atoms with Crippen LogP contribution < -0.4 is 10.4 Å². The average Bonchev–Trinajstić information content (AvgIpc) is 2.09. The molecular formula is C9H16NO6-. The quantitative estimate of drug-likeness (QED) is 0.516. The van der Waals surface area contributed by atoms with Crippen molar-refractivity contribution in [2.75, 3.05) is 6.61 Å². The molecule has 0 fully saturated rings. The first-order valence-electron chi connectivity index (χ1n) is 4.66. The number of carbonyl (C=O) groups is 2. The van der Waals surface area contributed by atoms with Crippen molar-refractivity contribution in [1.82, 2.24) is 5.32 Å². The molecule has 1 amide bonds. The molecule has 0 aromatic rings. The summed E-state index contributed by atoms with van der Waals surface area (Å²) in [6, 6.07) is -1.71. The van der Waals surface area contributed by atoms with Gasteiger partial charge >= 0.3 is 6.09 Å². The second-order valence-electron chi connectivity index (χ2n) is 4.19. The fourth-order valence-corrected chi connectivity index (χ4v) is 0.852. The Hall–Kier alpha value is -1.34. The second kappa shape index (κ2) is 5.66. The summed E-state index contributed by atoms with van der Waals surface area (Å²) in [4.78, 5) is 21.7. The maximum absolute atomic E-state index is 11.2. The smallest absolute Gasteiger partial charge is 0.408 e. The zero-order valence-electron chi connectivity index (χ0n) is 9.39. The van der Waals surface area contributed by atoms with Gasteiger partial charge in [-0.25, -0.2) is 4.79 Å². The van der Waals surface area contributed by atoms with Crippen molar-refractivity contribution < 1.29 is 29.6 Å². The number of hydrogen-bond donors (Lipinski definition) is 3. The lowest BCUT2D eigenvalue weighted by atomic mass is 10.2. The minimum absolute atomic E-state index is 0.787. The summed E-state index contributed by atoms with van der Waals surface area (Å²) in [6.45, 7) is 3.99. The van der Waals surface area contributed by atoms with Gasteiger partial charge in [0.1, 0.15) is 11.7 Å². The van der Waals surface area contributed by atoms with Gasteiger partial charge in [-0.2, -0.15) is 0 Å².